The van der Waals surface area contributed by atoms with E-state index in [0.717, 1.165) is 37.8 Å². The fourth-order valence-electron chi connectivity index (χ4n) is 3.35. The molecule has 0 radical (unpaired) electrons. The van der Waals surface area contributed by atoms with Crippen molar-refractivity contribution >= 4 is 17.4 Å². The van der Waals surface area contributed by atoms with Crippen molar-refractivity contribution in [3.8, 4) is 5.75 Å². The zero-order chi connectivity index (χ0) is 20.4. The van der Waals surface area contributed by atoms with Crippen molar-refractivity contribution < 1.29 is 19.5 Å². The second-order valence-electron chi connectivity index (χ2n) is 6.88. The number of esters is 1. The number of aromatic hydroxyl groups is 1. The molecule has 0 aliphatic carbocycles. The third-order valence-electron chi connectivity index (χ3n) is 4.64. The van der Waals surface area contributed by atoms with Crippen molar-refractivity contribution in [1.29, 1.82) is 0 Å². The average Bonchev–Trinajstić information content (AvgIpc) is 2.66. The molecule has 1 aromatic rings. The summed E-state index contributed by atoms with van der Waals surface area (Å²) in [7, 11) is 1.46. The first kappa shape index (κ1) is 21.6. The number of nitrogens with zero attached hydrogens (tertiary/aromatic N) is 2. The third kappa shape index (κ3) is 6.18. The minimum absolute atomic E-state index is 0.0822. The van der Waals surface area contributed by atoms with E-state index in [0.29, 0.717) is 18.4 Å². The summed E-state index contributed by atoms with van der Waals surface area (Å²) in [6.45, 7) is 2.03. The number of hydrogen-bond acceptors (Lipinski definition) is 7. The smallest absolute Gasteiger partial charge is 0.341 e. The Kier molecular flexibility index (Phi) is 8.65. The molecule has 7 heteroatoms. The van der Waals surface area contributed by atoms with E-state index in [1.54, 1.807) is 0 Å². The van der Waals surface area contributed by atoms with Crippen LogP contribution in [-0.4, -0.2) is 30.0 Å². The maximum absolute atomic E-state index is 12.9. The number of allylic oxidation sites excluding steroid dienone is 1. The van der Waals surface area contributed by atoms with Crippen molar-refractivity contribution in [2.45, 2.75) is 64.4 Å². The molecule has 1 atom stereocenters. The van der Waals surface area contributed by atoms with Crippen molar-refractivity contribution in [3.05, 3.63) is 40.3 Å². The van der Waals surface area contributed by atoms with Crippen LogP contribution in [0.2, 0.25) is 0 Å². The number of hydrogen-bond donors (Lipinski definition) is 1. The lowest BCUT2D eigenvalue weighted by Gasteiger charge is -2.18. The monoisotopic (exact) mass is 388 g/mol. The summed E-state index contributed by atoms with van der Waals surface area (Å²) in [5.41, 5.74) is 1.14. The van der Waals surface area contributed by atoms with Gasteiger partial charge in [0.2, 0.25) is 0 Å². The van der Waals surface area contributed by atoms with E-state index in [-0.39, 0.29) is 29.5 Å². The van der Waals surface area contributed by atoms with Gasteiger partial charge >= 0.3 is 5.97 Å². The highest BCUT2D eigenvalue weighted by Crippen LogP contribution is 2.31. The van der Waals surface area contributed by atoms with Gasteiger partial charge in [-0.25, -0.2) is 4.79 Å². The van der Waals surface area contributed by atoms with Gasteiger partial charge in [0.1, 0.15) is 24.7 Å². The molecule has 0 bridgehead atoms. The van der Waals surface area contributed by atoms with Gasteiger partial charge in [-0.2, -0.15) is 0 Å². The third-order valence-corrected chi connectivity index (χ3v) is 4.64. The Balaban J connectivity index is 2.47. The van der Waals surface area contributed by atoms with Crippen LogP contribution in [0, 0.1) is 4.91 Å². The lowest BCUT2D eigenvalue weighted by Crippen LogP contribution is -2.20. The molecule has 1 aliphatic rings. The molecule has 152 valence electrons. The van der Waals surface area contributed by atoms with Crippen LogP contribution in [-0.2, 0) is 16.0 Å². The summed E-state index contributed by atoms with van der Waals surface area (Å²) in [4.78, 5) is 29.2. The average molecular weight is 388 g/mol. The van der Waals surface area contributed by atoms with Crippen LogP contribution >= 0.6 is 0 Å². The molecule has 0 spiro atoms. The first-order valence-electron chi connectivity index (χ1n) is 9.73. The normalized spacial score (nSPS) is 21.3. The summed E-state index contributed by atoms with van der Waals surface area (Å²) in [5.74, 6) is -0.739. The molecule has 1 N–H and O–H groups in total. The Bertz CT molecular complexity index is 743. The number of fused-ring (bicyclic) bond motifs is 1. The summed E-state index contributed by atoms with van der Waals surface area (Å²) < 4.78 is 5.70. The summed E-state index contributed by atoms with van der Waals surface area (Å²) in [5, 5.41) is 17.0. The standard InChI is InChI=1S/C21H28N2O5/c1-3-9-18-11-8-6-4-5-7-10-16(23-27-2)12-15-13-17(24)14-19(22-26)20(15)21(25)28-18/h6,8,13-14,18,24H,3-5,7,9-12H2,1-2H3/b8-6+,23-16+. The topological polar surface area (TPSA) is 97.5 Å². The number of carbonyl (C=O) groups excluding carboxylic acids is 1. The van der Waals surface area contributed by atoms with Crippen molar-refractivity contribution in [3.63, 3.8) is 0 Å². The highest BCUT2D eigenvalue weighted by molar-refractivity contribution is 5.99. The van der Waals surface area contributed by atoms with Crippen molar-refractivity contribution in [2.75, 3.05) is 7.11 Å². The Morgan fingerprint density at radius 2 is 2.11 bits per heavy atom. The summed E-state index contributed by atoms with van der Waals surface area (Å²) in [6, 6.07) is 2.63. The van der Waals surface area contributed by atoms with Crippen LogP contribution in [0.15, 0.2) is 34.6 Å². The van der Waals surface area contributed by atoms with E-state index in [4.69, 9.17) is 9.57 Å². The Labute approximate surface area is 165 Å². The molecule has 0 amide bonds. The highest BCUT2D eigenvalue weighted by atomic mass is 16.6. The number of phenols is 1. The van der Waals surface area contributed by atoms with E-state index < -0.39 is 5.97 Å². The van der Waals surface area contributed by atoms with Gasteiger partial charge in [-0.3, -0.25) is 0 Å². The molecule has 2 rings (SSSR count). The van der Waals surface area contributed by atoms with E-state index >= 15 is 0 Å². The van der Waals surface area contributed by atoms with Crippen LogP contribution in [0.5, 0.6) is 5.75 Å². The van der Waals surface area contributed by atoms with Gasteiger partial charge in [-0.05, 0) is 48.9 Å². The van der Waals surface area contributed by atoms with E-state index in [1.165, 1.54) is 19.2 Å². The zero-order valence-electron chi connectivity index (χ0n) is 16.5. The quantitative estimate of drug-likeness (QED) is 0.332. The zero-order valence-corrected chi connectivity index (χ0v) is 16.5. The first-order valence-corrected chi connectivity index (χ1v) is 9.73. The molecular weight excluding hydrogens is 360 g/mol. The first-order chi connectivity index (χ1) is 13.6. The molecule has 1 aromatic carbocycles. The largest absolute Gasteiger partial charge is 0.508 e. The SMILES string of the molecule is CCCC1C/C=C/CCCC/C(=N\OC)Cc2cc(O)cc(N=O)c2C(=O)O1. The molecule has 0 saturated heterocycles. The number of ether oxygens (including phenoxy) is 1. The predicted molar refractivity (Wildman–Crippen MR) is 108 cm³/mol. The van der Waals surface area contributed by atoms with Crippen LogP contribution in [0.1, 0.15) is 67.8 Å². The number of carbonyl (C=O) groups is 1. The van der Waals surface area contributed by atoms with E-state index in [9.17, 15) is 14.8 Å². The Morgan fingerprint density at radius 1 is 1.29 bits per heavy atom. The number of cyclic esters (lactones) is 1. The molecule has 1 unspecified atom stereocenters. The lowest BCUT2D eigenvalue weighted by atomic mass is 9.97. The molecule has 0 aromatic heterocycles. The van der Waals surface area contributed by atoms with Gasteiger partial charge in [-0.1, -0.05) is 30.7 Å². The van der Waals surface area contributed by atoms with Crippen LogP contribution in [0.3, 0.4) is 0 Å². The molecule has 1 aliphatic heterocycles. The van der Waals surface area contributed by atoms with Gasteiger partial charge in [-0.15, -0.1) is 4.91 Å². The highest BCUT2D eigenvalue weighted by Gasteiger charge is 2.24. The van der Waals surface area contributed by atoms with Gasteiger partial charge in [0, 0.05) is 18.9 Å². The van der Waals surface area contributed by atoms with E-state index in [1.807, 2.05) is 13.0 Å². The second-order valence-corrected chi connectivity index (χ2v) is 6.88. The number of rotatable bonds is 4. The molecule has 0 saturated carbocycles. The number of oxime groups is 1. The molecule has 28 heavy (non-hydrogen) atoms. The number of phenolic OH excluding ortho intramolecular Hbond substituents is 1. The Morgan fingerprint density at radius 3 is 2.82 bits per heavy atom. The summed E-state index contributed by atoms with van der Waals surface area (Å²) >= 11 is 0. The molecule has 1 heterocycles. The van der Waals surface area contributed by atoms with Gasteiger partial charge in [0.25, 0.3) is 0 Å². The second kappa shape index (κ2) is 11.2. The van der Waals surface area contributed by atoms with Crippen molar-refractivity contribution in [1.82, 2.24) is 0 Å². The summed E-state index contributed by atoms with van der Waals surface area (Å²) in [6.07, 6.45) is 9.94. The van der Waals surface area contributed by atoms with E-state index in [2.05, 4.69) is 16.4 Å². The predicted octanol–water partition coefficient (Wildman–Crippen LogP) is 5.18. The molecule has 7 nitrogen and oxygen atoms in total. The molecular formula is C21H28N2O5. The maximum atomic E-state index is 12.9. The van der Waals surface area contributed by atoms with Crippen LogP contribution in [0.25, 0.3) is 0 Å². The number of nitroso groups, excluding NO2 is 1. The maximum Gasteiger partial charge on any atom is 0.341 e. The van der Waals surface area contributed by atoms with Crippen LogP contribution in [0.4, 0.5) is 5.69 Å². The number of benzene rings is 1. The van der Waals surface area contributed by atoms with Crippen molar-refractivity contribution in [2.24, 2.45) is 10.3 Å². The Hall–Kier alpha value is -2.70. The minimum Gasteiger partial charge on any atom is -0.508 e. The van der Waals surface area contributed by atoms with Gasteiger partial charge in [0.05, 0.1) is 11.3 Å². The molecule has 0 fully saturated rings. The van der Waals surface area contributed by atoms with Gasteiger partial charge in [0.15, 0.2) is 0 Å². The van der Waals surface area contributed by atoms with Crippen LogP contribution < -0.4 is 0 Å². The fourth-order valence-corrected chi connectivity index (χ4v) is 3.35. The fraction of sp³-hybridized carbons (Fsp3) is 0.524. The van der Waals surface area contributed by atoms with Gasteiger partial charge < -0.3 is 14.7 Å². The lowest BCUT2D eigenvalue weighted by molar-refractivity contribution is 0.0287. The minimum atomic E-state index is -0.606.